The molecule has 0 N–H and O–H groups in total. The van der Waals surface area contributed by atoms with E-state index in [9.17, 15) is 22.8 Å². The van der Waals surface area contributed by atoms with E-state index < -0.39 is 23.5 Å². The summed E-state index contributed by atoms with van der Waals surface area (Å²) in [7, 11) is 3.28. The van der Waals surface area contributed by atoms with Crippen LogP contribution in [0.2, 0.25) is 0 Å². The maximum atomic E-state index is 12.3. The van der Waals surface area contributed by atoms with E-state index in [0.717, 1.165) is 12.2 Å². The van der Waals surface area contributed by atoms with Gasteiger partial charge in [0.15, 0.2) is 0 Å². The molecular weight excluding hydrogens is 251 g/mol. The van der Waals surface area contributed by atoms with Crippen molar-refractivity contribution in [3.05, 3.63) is 23.9 Å². The van der Waals surface area contributed by atoms with Crippen molar-refractivity contribution in [2.75, 3.05) is 20.7 Å². The number of carbonyl (C=O) groups excluding carboxylic acids is 2. The van der Waals surface area contributed by atoms with Crippen molar-refractivity contribution in [2.45, 2.75) is 13.1 Å². The predicted molar refractivity (Wildman–Crippen MR) is 58.6 cm³/mol. The molecule has 0 aromatic heterocycles. The van der Waals surface area contributed by atoms with Crippen molar-refractivity contribution in [1.82, 2.24) is 4.90 Å². The number of halogens is 3. The second-order valence-corrected chi connectivity index (χ2v) is 3.43. The third-order valence-corrected chi connectivity index (χ3v) is 1.64. The SMILES string of the molecule is CCOC(=O)/C(=C/C=C\N(C)C)C(=O)C(F)(F)F. The Kier molecular flexibility index (Phi) is 6.15. The van der Waals surface area contributed by atoms with Crippen LogP contribution in [0.5, 0.6) is 0 Å². The summed E-state index contributed by atoms with van der Waals surface area (Å²) in [6.45, 7) is 1.32. The van der Waals surface area contributed by atoms with Gasteiger partial charge in [0.1, 0.15) is 5.57 Å². The topological polar surface area (TPSA) is 46.6 Å². The lowest BCUT2D eigenvalue weighted by molar-refractivity contribution is -0.168. The van der Waals surface area contributed by atoms with Crippen LogP contribution in [0.4, 0.5) is 13.2 Å². The number of nitrogens with zero attached hydrogens (tertiary/aromatic N) is 1. The minimum Gasteiger partial charge on any atom is -0.462 e. The molecule has 0 aromatic carbocycles. The van der Waals surface area contributed by atoms with Gasteiger partial charge in [0.25, 0.3) is 5.78 Å². The number of Topliss-reactive ketones (excluding diaryl/α,β-unsaturated/α-hetero) is 1. The van der Waals surface area contributed by atoms with E-state index in [1.54, 1.807) is 14.1 Å². The highest BCUT2D eigenvalue weighted by molar-refractivity contribution is 6.19. The van der Waals surface area contributed by atoms with Crippen LogP contribution in [-0.2, 0) is 14.3 Å². The van der Waals surface area contributed by atoms with Gasteiger partial charge in [-0.25, -0.2) is 4.79 Å². The average Bonchev–Trinajstić information content (AvgIpc) is 2.22. The molecular formula is C11H14F3NO3. The molecule has 0 bridgehead atoms. The zero-order valence-corrected chi connectivity index (χ0v) is 10.2. The fourth-order valence-electron chi connectivity index (χ4n) is 0.909. The predicted octanol–water partition coefficient (Wildman–Crippen LogP) is 1.68. The molecule has 102 valence electrons. The van der Waals surface area contributed by atoms with Crippen molar-refractivity contribution in [1.29, 1.82) is 0 Å². The first-order chi connectivity index (χ1) is 8.20. The summed E-state index contributed by atoms with van der Waals surface area (Å²) in [5.41, 5.74) is -1.04. The zero-order chi connectivity index (χ0) is 14.3. The van der Waals surface area contributed by atoms with E-state index in [4.69, 9.17) is 0 Å². The van der Waals surface area contributed by atoms with Gasteiger partial charge in [0, 0.05) is 14.1 Å². The first kappa shape index (κ1) is 16.2. The standard InChI is InChI=1S/C11H14F3NO3/c1-4-18-10(17)8(6-5-7-15(2)3)9(16)11(12,13)14/h5-7H,4H2,1-3H3/b7-5-,8-6+. The van der Waals surface area contributed by atoms with Crippen LogP contribution in [-0.4, -0.2) is 43.5 Å². The molecule has 18 heavy (non-hydrogen) atoms. The maximum absolute atomic E-state index is 12.3. The third kappa shape index (κ3) is 5.51. The molecule has 0 radical (unpaired) electrons. The summed E-state index contributed by atoms with van der Waals surface area (Å²) in [5.74, 6) is -3.51. The summed E-state index contributed by atoms with van der Waals surface area (Å²) >= 11 is 0. The van der Waals surface area contributed by atoms with Crippen LogP contribution in [0, 0.1) is 0 Å². The van der Waals surface area contributed by atoms with Gasteiger partial charge in [-0.1, -0.05) is 0 Å². The van der Waals surface area contributed by atoms with Crippen LogP contribution in [0.3, 0.4) is 0 Å². The number of hydrogen-bond donors (Lipinski definition) is 0. The molecule has 0 aliphatic heterocycles. The van der Waals surface area contributed by atoms with Gasteiger partial charge in [0.2, 0.25) is 0 Å². The summed E-state index contributed by atoms with van der Waals surface area (Å²) < 4.78 is 41.2. The Balaban J connectivity index is 5.19. The van der Waals surface area contributed by atoms with Gasteiger partial charge < -0.3 is 9.64 Å². The maximum Gasteiger partial charge on any atom is 0.455 e. The van der Waals surface area contributed by atoms with Crippen LogP contribution in [0.15, 0.2) is 23.9 Å². The molecule has 0 saturated carbocycles. The summed E-state index contributed by atoms with van der Waals surface area (Å²) in [5, 5.41) is 0. The Labute approximate surface area is 103 Å². The first-order valence-electron chi connectivity index (χ1n) is 5.03. The zero-order valence-electron chi connectivity index (χ0n) is 10.2. The van der Waals surface area contributed by atoms with E-state index >= 15 is 0 Å². The number of carbonyl (C=O) groups is 2. The van der Waals surface area contributed by atoms with Crippen LogP contribution >= 0.6 is 0 Å². The molecule has 0 spiro atoms. The summed E-state index contributed by atoms with van der Waals surface area (Å²) in [4.78, 5) is 23.8. The lowest BCUT2D eigenvalue weighted by atomic mass is 10.1. The molecule has 0 aliphatic carbocycles. The van der Waals surface area contributed by atoms with E-state index in [1.807, 2.05) is 0 Å². The number of esters is 1. The van der Waals surface area contributed by atoms with Gasteiger partial charge in [-0.2, -0.15) is 13.2 Å². The molecule has 0 saturated heterocycles. The molecule has 0 fully saturated rings. The monoisotopic (exact) mass is 265 g/mol. The smallest absolute Gasteiger partial charge is 0.455 e. The van der Waals surface area contributed by atoms with Gasteiger partial charge in [-0.15, -0.1) is 0 Å². The number of ether oxygens (including phenoxy) is 1. The average molecular weight is 265 g/mol. The molecule has 0 aliphatic rings. The van der Waals surface area contributed by atoms with Crippen molar-refractivity contribution in [3.8, 4) is 0 Å². The van der Waals surface area contributed by atoms with Crippen LogP contribution < -0.4 is 0 Å². The lowest BCUT2D eigenvalue weighted by Crippen LogP contribution is -2.29. The van der Waals surface area contributed by atoms with Crippen molar-refractivity contribution in [2.24, 2.45) is 0 Å². The molecule has 0 unspecified atom stereocenters. The summed E-state index contributed by atoms with van der Waals surface area (Å²) in [6, 6.07) is 0. The summed E-state index contributed by atoms with van der Waals surface area (Å²) in [6.07, 6.45) is -1.77. The molecule has 0 rings (SSSR count). The number of ketones is 1. The van der Waals surface area contributed by atoms with Crippen molar-refractivity contribution >= 4 is 11.8 Å². The van der Waals surface area contributed by atoms with Crippen molar-refractivity contribution in [3.63, 3.8) is 0 Å². The number of allylic oxidation sites excluding steroid dienone is 2. The highest BCUT2D eigenvalue weighted by Crippen LogP contribution is 2.21. The Morgan fingerprint density at radius 1 is 1.28 bits per heavy atom. The number of rotatable bonds is 5. The van der Waals surface area contributed by atoms with E-state index in [1.165, 1.54) is 18.0 Å². The molecule has 0 heterocycles. The van der Waals surface area contributed by atoms with E-state index in [2.05, 4.69) is 4.74 Å². The largest absolute Gasteiger partial charge is 0.462 e. The van der Waals surface area contributed by atoms with E-state index in [0.29, 0.717) is 0 Å². The Morgan fingerprint density at radius 2 is 1.83 bits per heavy atom. The Hall–Kier alpha value is -1.79. The second-order valence-electron chi connectivity index (χ2n) is 3.43. The molecule has 0 amide bonds. The van der Waals surface area contributed by atoms with Gasteiger partial charge in [-0.3, -0.25) is 4.79 Å². The van der Waals surface area contributed by atoms with E-state index in [-0.39, 0.29) is 6.61 Å². The highest BCUT2D eigenvalue weighted by Gasteiger charge is 2.43. The lowest BCUT2D eigenvalue weighted by Gasteiger charge is -2.08. The minimum absolute atomic E-state index is 0.112. The normalized spacial score (nSPS) is 12.7. The molecule has 4 nitrogen and oxygen atoms in total. The quantitative estimate of drug-likeness (QED) is 0.249. The highest BCUT2D eigenvalue weighted by atomic mass is 19.4. The van der Waals surface area contributed by atoms with Gasteiger partial charge in [-0.05, 0) is 25.3 Å². The minimum atomic E-state index is -5.11. The molecule has 7 heteroatoms. The third-order valence-electron chi connectivity index (χ3n) is 1.64. The van der Waals surface area contributed by atoms with Crippen LogP contribution in [0.25, 0.3) is 0 Å². The fourth-order valence-corrected chi connectivity index (χ4v) is 0.909. The fraction of sp³-hybridized carbons (Fsp3) is 0.455. The Morgan fingerprint density at radius 3 is 2.22 bits per heavy atom. The van der Waals surface area contributed by atoms with Gasteiger partial charge >= 0.3 is 12.1 Å². The molecule has 0 aromatic rings. The van der Waals surface area contributed by atoms with Crippen molar-refractivity contribution < 1.29 is 27.5 Å². The number of hydrogen-bond acceptors (Lipinski definition) is 4. The first-order valence-corrected chi connectivity index (χ1v) is 5.03. The molecule has 0 atom stereocenters. The Bertz CT molecular complexity index is 370. The van der Waals surface area contributed by atoms with Gasteiger partial charge in [0.05, 0.1) is 6.61 Å². The second kappa shape index (κ2) is 6.83. The number of alkyl halides is 3. The van der Waals surface area contributed by atoms with Crippen LogP contribution in [0.1, 0.15) is 6.92 Å².